The predicted molar refractivity (Wildman–Crippen MR) is 85.4 cm³/mol. The lowest BCUT2D eigenvalue weighted by Crippen LogP contribution is -2.33. The summed E-state index contributed by atoms with van der Waals surface area (Å²) >= 11 is 0. The minimum absolute atomic E-state index is 0.0111. The average Bonchev–Trinajstić information content (AvgIpc) is 3.01. The van der Waals surface area contributed by atoms with E-state index in [9.17, 15) is 14.0 Å². The summed E-state index contributed by atoms with van der Waals surface area (Å²) in [5.74, 6) is -0.889. The van der Waals surface area contributed by atoms with Crippen molar-refractivity contribution >= 4 is 22.7 Å². The van der Waals surface area contributed by atoms with Gasteiger partial charge in [-0.2, -0.15) is 0 Å². The van der Waals surface area contributed by atoms with Crippen molar-refractivity contribution in [2.75, 3.05) is 11.4 Å². The highest BCUT2D eigenvalue weighted by Gasteiger charge is 2.26. The van der Waals surface area contributed by atoms with Gasteiger partial charge in [0.15, 0.2) is 5.69 Å². The summed E-state index contributed by atoms with van der Waals surface area (Å²) in [6.45, 7) is 2.30. The second-order valence-corrected chi connectivity index (χ2v) is 5.31. The number of rotatable bonds is 4. The Bertz CT molecular complexity index is 946. The summed E-state index contributed by atoms with van der Waals surface area (Å²) in [6.07, 6.45) is 1.98. The number of nitrogens with zero attached hydrogens (tertiary/aromatic N) is 4. The summed E-state index contributed by atoms with van der Waals surface area (Å²) < 4.78 is 19.4. The first-order valence-electron chi connectivity index (χ1n) is 7.41. The van der Waals surface area contributed by atoms with Crippen molar-refractivity contribution in [3.63, 3.8) is 0 Å². The van der Waals surface area contributed by atoms with Gasteiger partial charge in [0, 0.05) is 19.3 Å². The number of hydrogen-bond donors (Lipinski definition) is 0. The highest BCUT2D eigenvalue weighted by molar-refractivity contribution is 6.11. The predicted octanol–water partition coefficient (Wildman–Crippen LogP) is 2.12. The van der Waals surface area contributed by atoms with Crippen molar-refractivity contribution < 1.29 is 13.7 Å². The van der Waals surface area contributed by atoms with Gasteiger partial charge in [-0.15, -0.1) is 0 Å². The van der Waals surface area contributed by atoms with Crippen LogP contribution in [0.1, 0.15) is 23.8 Å². The molecule has 24 heavy (non-hydrogen) atoms. The van der Waals surface area contributed by atoms with Crippen molar-refractivity contribution in [2.24, 2.45) is 7.05 Å². The molecule has 1 amide bonds. The Kier molecular flexibility index (Phi) is 4.11. The van der Waals surface area contributed by atoms with Crippen molar-refractivity contribution in [1.29, 1.82) is 0 Å². The monoisotopic (exact) mass is 330 g/mol. The fraction of sp³-hybridized carbons (Fsp3) is 0.250. The molecule has 3 aromatic rings. The molecule has 124 valence electrons. The van der Waals surface area contributed by atoms with E-state index in [-0.39, 0.29) is 16.8 Å². The topological polar surface area (TPSA) is 81.2 Å². The molecule has 0 saturated carbocycles. The van der Waals surface area contributed by atoms with Crippen molar-refractivity contribution in [3.8, 4) is 0 Å². The van der Waals surface area contributed by atoms with Gasteiger partial charge >= 0.3 is 0 Å². The molecule has 0 N–H and O–H groups in total. The van der Waals surface area contributed by atoms with Crippen LogP contribution in [0.25, 0.3) is 11.1 Å². The second-order valence-electron chi connectivity index (χ2n) is 5.31. The fourth-order valence-corrected chi connectivity index (χ4v) is 2.40. The Morgan fingerprint density at radius 2 is 2.04 bits per heavy atom. The maximum Gasteiger partial charge on any atom is 0.281 e. The zero-order valence-corrected chi connectivity index (χ0v) is 13.2. The molecule has 0 saturated heterocycles. The molecule has 0 aliphatic rings. The van der Waals surface area contributed by atoms with Crippen molar-refractivity contribution in [2.45, 2.75) is 13.3 Å². The Morgan fingerprint density at radius 1 is 1.33 bits per heavy atom. The molecule has 2 heterocycles. The van der Waals surface area contributed by atoms with Gasteiger partial charge in [-0.3, -0.25) is 9.59 Å². The third kappa shape index (κ3) is 2.66. The number of carbonyl (C=O) groups is 1. The first-order valence-corrected chi connectivity index (χ1v) is 7.41. The molecule has 0 unspecified atom stereocenters. The molecule has 0 bridgehead atoms. The highest BCUT2D eigenvalue weighted by atomic mass is 19.1. The molecule has 0 atom stereocenters. The summed E-state index contributed by atoms with van der Waals surface area (Å²) in [4.78, 5) is 30.6. The largest absolute Gasteiger partial charge is 0.335 e. The first-order chi connectivity index (χ1) is 11.5. The summed E-state index contributed by atoms with van der Waals surface area (Å²) in [5, 5.41) is 3.76. The van der Waals surface area contributed by atoms with Crippen LogP contribution in [-0.4, -0.2) is 27.2 Å². The Morgan fingerprint density at radius 3 is 2.71 bits per heavy atom. The van der Waals surface area contributed by atoms with E-state index in [1.54, 1.807) is 0 Å². The van der Waals surface area contributed by atoms with Gasteiger partial charge in [-0.1, -0.05) is 12.1 Å². The lowest BCUT2D eigenvalue weighted by Gasteiger charge is -2.21. The maximum absolute atomic E-state index is 13.1. The van der Waals surface area contributed by atoms with Crippen LogP contribution in [0.5, 0.6) is 0 Å². The standard InChI is InChI=1S/C16H15FN4O3/c1-3-8-21(11-6-4-10(17)5-7-11)16(23)13-12-14(24-19-13)18-9-20(2)15(12)22/h4-7,9H,3,8H2,1-2H3. The number of hydrogen-bond acceptors (Lipinski definition) is 5. The summed E-state index contributed by atoms with van der Waals surface area (Å²) in [5.41, 5.74) is 0.00810. The number of anilines is 1. The van der Waals surface area contributed by atoms with Gasteiger partial charge in [-0.25, -0.2) is 9.37 Å². The molecule has 0 aliphatic carbocycles. The molecule has 0 spiro atoms. The number of benzene rings is 1. The van der Waals surface area contributed by atoms with Crippen molar-refractivity contribution in [3.05, 3.63) is 52.5 Å². The van der Waals surface area contributed by atoms with E-state index in [4.69, 9.17) is 4.52 Å². The van der Waals surface area contributed by atoms with Gasteiger partial charge in [0.25, 0.3) is 17.2 Å². The van der Waals surface area contributed by atoms with E-state index in [2.05, 4.69) is 10.1 Å². The molecule has 0 aliphatic heterocycles. The van der Waals surface area contributed by atoms with E-state index >= 15 is 0 Å². The Hall–Kier alpha value is -3.03. The molecule has 3 rings (SSSR count). The molecule has 2 aromatic heterocycles. The zero-order chi connectivity index (χ0) is 17.3. The van der Waals surface area contributed by atoms with Gasteiger partial charge in [-0.05, 0) is 30.7 Å². The van der Waals surface area contributed by atoms with Crippen LogP contribution < -0.4 is 10.5 Å². The van der Waals surface area contributed by atoms with Crippen LogP contribution in [0.15, 0.2) is 39.9 Å². The van der Waals surface area contributed by atoms with Gasteiger partial charge in [0.2, 0.25) is 0 Å². The maximum atomic E-state index is 13.1. The minimum Gasteiger partial charge on any atom is -0.335 e. The number of aryl methyl sites for hydroxylation is 1. The number of halogens is 1. The lowest BCUT2D eigenvalue weighted by molar-refractivity contribution is 0.0979. The highest BCUT2D eigenvalue weighted by Crippen LogP contribution is 2.20. The minimum atomic E-state index is -0.493. The van der Waals surface area contributed by atoms with Crippen LogP contribution in [-0.2, 0) is 7.05 Å². The van der Waals surface area contributed by atoms with Gasteiger partial charge in [0.05, 0.1) is 0 Å². The summed E-state index contributed by atoms with van der Waals surface area (Å²) in [6, 6.07) is 5.54. The van der Waals surface area contributed by atoms with E-state index in [1.807, 2.05) is 6.92 Å². The van der Waals surface area contributed by atoms with Crippen LogP contribution >= 0.6 is 0 Å². The van der Waals surface area contributed by atoms with E-state index in [0.29, 0.717) is 18.7 Å². The van der Waals surface area contributed by atoms with Crippen LogP contribution in [0.3, 0.4) is 0 Å². The van der Waals surface area contributed by atoms with Gasteiger partial charge < -0.3 is 14.0 Å². The smallest absolute Gasteiger partial charge is 0.281 e. The second kappa shape index (κ2) is 6.23. The number of amides is 1. The molecular formula is C16H15FN4O3. The summed E-state index contributed by atoms with van der Waals surface area (Å²) in [7, 11) is 1.53. The third-order valence-electron chi connectivity index (χ3n) is 3.59. The number of aromatic nitrogens is 3. The molecule has 1 aromatic carbocycles. The first kappa shape index (κ1) is 15.9. The van der Waals surface area contributed by atoms with E-state index < -0.39 is 17.3 Å². The number of carbonyl (C=O) groups excluding carboxylic acids is 1. The zero-order valence-electron chi connectivity index (χ0n) is 13.2. The lowest BCUT2D eigenvalue weighted by atomic mass is 10.2. The molecule has 7 nitrogen and oxygen atoms in total. The van der Waals surface area contributed by atoms with Gasteiger partial charge in [0.1, 0.15) is 17.5 Å². The van der Waals surface area contributed by atoms with E-state index in [0.717, 1.165) is 0 Å². The molecule has 0 fully saturated rings. The quantitative estimate of drug-likeness (QED) is 0.732. The SMILES string of the molecule is CCCN(C(=O)c1noc2ncn(C)c(=O)c12)c1ccc(F)cc1. The normalized spacial score (nSPS) is 11.0. The van der Waals surface area contributed by atoms with Crippen molar-refractivity contribution in [1.82, 2.24) is 14.7 Å². The van der Waals surface area contributed by atoms with E-state index in [1.165, 1.54) is 47.1 Å². The van der Waals surface area contributed by atoms with Crippen LogP contribution in [0, 0.1) is 5.82 Å². The molecular weight excluding hydrogens is 315 g/mol. The molecule has 0 radical (unpaired) electrons. The van der Waals surface area contributed by atoms with Crippen LogP contribution in [0.2, 0.25) is 0 Å². The van der Waals surface area contributed by atoms with Crippen LogP contribution in [0.4, 0.5) is 10.1 Å². The fourth-order valence-electron chi connectivity index (χ4n) is 2.40. The Labute approximate surface area is 136 Å². The Balaban J connectivity index is 2.10. The molecule has 8 heteroatoms. The third-order valence-corrected chi connectivity index (χ3v) is 3.59. The number of fused-ring (bicyclic) bond motifs is 1. The average molecular weight is 330 g/mol.